The van der Waals surface area contributed by atoms with Crippen molar-refractivity contribution in [3.8, 4) is 11.6 Å². The average Bonchev–Trinajstić information content (AvgIpc) is 3.22. The molecule has 2 rings (SSSR count). The van der Waals surface area contributed by atoms with Gasteiger partial charge in [0.25, 0.3) is 0 Å². The van der Waals surface area contributed by atoms with E-state index < -0.39 is 6.09 Å². The van der Waals surface area contributed by atoms with Gasteiger partial charge in [-0.15, -0.1) is 0 Å². The van der Waals surface area contributed by atoms with Crippen LogP contribution in [0.4, 0.5) is 4.79 Å². The molecule has 0 unspecified atom stereocenters. The summed E-state index contributed by atoms with van der Waals surface area (Å²) in [5.74, 6) is 1.83. The van der Waals surface area contributed by atoms with E-state index in [9.17, 15) is 4.79 Å². The number of carbonyl (C=O) groups is 1. The van der Waals surface area contributed by atoms with E-state index in [-0.39, 0.29) is 0 Å². The minimum atomic E-state index is -1.04. The first-order valence-electron chi connectivity index (χ1n) is 6.24. The molecule has 1 aliphatic carbocycles. The van der Waals surface area contributed by atoms with E-state index in [0.717, 1.165) is 18.4 Å². The fourth-order valence-electron chi connectivity index (χ4n) is 2.02. The van der Waals surface area contributed by atoms with Crippen molar-refractivity contribution in [3.05, 3.63) is 17.3 Å². The van der Waals surface area contributed by atoms with Crippen LogP contribution >= 0.6 is 0 Å². The van der Waals surface area contributed by atoms with Crippen molar-refractivity contribution in [2.24, 2.45) is 0 Å². The molecular weight excluding hydrogens is 248 g/mol. The van der Waals surface area contributed by atoms with Crippen molar-refractivity contribution < 1.29 is 19.4 Å². The van der Waals surface area contributed by atoms with E-state index in [2.05, 4.69) is 10.3 Å². The third kappa shape index (κ3) is 3.27. The minimum absolute atomic E-state index is 0.296. The Morgan fingerprint density at radius 1 is 1.47 bits per heavy atom. The molecule has 0 aliphatic heterocycles. The van der Waals surface area contributed by atoms with Crippen molar-refractivity contribution in [2.75, 3.05) is 20.8 Å². The summed E-state index contributed by atoms with van der Waals surface area (Å²) < 4.78 is 10.6. The lowest BCUT2D eigenvalue weighted by Crippen LogP contribution is -2.23. The quantitative estimate of drug-likeness (QED) is 0.820. The van der Waals surface area contributed by atoms with Gasteiger partial charge in [-0.1, -0.05) is 0 Å². The highest BCUT2D eigenvalue weighted by atomic mass is 16.5. The topological polar surface area (TPSA) is 80.7 Å². The number of rotatable bonds is 6. The van der Waals surface area contributed by atoms with E-state index in [1.807, 2.05) is 6.07 Å². The number of methoxy groups -OCH3 is 2. The van der Waals surface area contributed by atoms with E-state index in [4.69, 9.17) is 14.6 Å². The van der Waals surface area contributed by atoms with Crippen LogP contribution in [0.15, 0.2) is 6.07 Å². The smallest absolute Gasteiger partial charge is 0.404 e. The average molecular weight is 266 g/mol. The van der Waals surface area contributed by atoms with E-state index in [1.165, 1.54) is 0 Å². The Morgan fingerprint density at radius 2 is 2.21 bits per heavy atom. The fourth-order valence-corrected chi connectivity index (χ4v) is 2.02. The van der Waals surface area contributed by atoms with Gasteiger partial charge in [-0.3, -0.25) is 0 Å². The van der Waals surface area contributed by atoms with E-state index in [0.29, 0.717) is 36.2 Å². The highest BCUT2D eigenvalue weighted by Gasteiger charge is 2.29. The zero-order valence-electron chi connectivity index (χ0n) is 11.1. The van der Waals surface area contributed by atoms with Gasteiger partial charge in [0, 0.05) is 18.5 Å². The Balaban J connectivity index is 2.18. The van der Waals surface area contributed by atoms with Gasteiger partial charge >= 0.3 is 6.09 Å². The molecule has 2 N–H and O–H groups in total. The van der Waals surface area contributed by atoms with Crippen LogP contribution in [0.25, 0.3) is 0 Å². The number of ether oxygens (including phenoxy) is 2. The van der Waals surface area contributed by atoms with Crippen LogP contribution in [0.1, 0.15) is 30.0 Å². The normalized spacial score (nSPS) is 14.0. The van der Waals surface area contributed by atoms with E-state index >= 15 is 0 Å². The number of amides is 1. The zero-order valence-corrected chi connectivity index (χ0v) is 11.1. The van der Waals surface area contributed by atoms with Crippen LogP contribution in [0.3, 0.4) is 0 Å². The van der Waals surface area contributed by atoms with Gasteiger partial charge < -0.3 is 19.9 Å². The van der Waals surface area contributed by atoms with Gasteiger partial charge in [-0.25, -0.2) is 9.78 Å². The Labute approximate surface area is 111 Å². The van der Waals surface area contributed by atoms with Crippen LogP contribution in [-0.4, -0.2) is 36.9 Å². The van der Waals surface area contributed by atoms with Gasteiger partial charge in [0.1, 0.15) is 5.75 Å². The van der Waals surface area contributed by atoms with Crippen LogP contribution in [-0.2, 0) is 6.42 Å². The summed E-state index contributed by atoms with van der Waals surface area (Å²) in [5, 5.41) is 10.9. The summed E-state index contributed by atoms with van der Waals surface area (Å²) in [4.78, 5) is 14.9. The Morgan fingerprint density at radius 3 is 2.74 bits per heavy atom. The molecule has 0 saturated heterocycles. The Bertz CT molecular complexity index is 472. The lowest BCUT2D eigenvalue weighted by Gasteiger charge is -2.13. The van der Waals surface area contributed by atoms with Gasteiger partial charge in [0.15, 0.2) is 0 Å². The van der Waals surface area contributed by atoms with Crippen LogP contribution in [0, 0.1) is 0 Å². The molecule has 0 radical (unpaired) electrons. The largest absolute Gasteiger partial charge is 0.495 e. The van der Waals surface area contributed by atoms with Crippen molar-refractivity contribution >= 4 is 6.09 Å². The molecule has 19 heavy (non-hydrogen) atoms. The first kappa shape index (κ1) is 13.5. The molecule has 0 atom stereocenters. The summed E-state index contributed by atoms with van der Waals surface area (Å²) in [6, 6.07) is 1.96. The second kappa shape index (κ2) is 5.77. The second-order valence-corrected chi connectivity index (χ2v) is 4.49. The number of pyridine rings is 1. The van der Waals surface area contributed by atoms with Gasteiger partial charge in [0.2, 0.25) is 5.88 Å². The van der Waals surface area contributed by atoms with Gasteiger partial charge in [0.05, 0.1) is 19.9 Å². The summed E-state index contributed by atoms with van der Waals surface area (Å²) in [5.41, 5.74) is 1.78. The van der Waals surface area contributed by atoms with Crippen molar-refractivity contribution in [1.82, 2.24) is 10.3 Å². The van der Waals surface area contributed by atoms with Crippen LogP contribution < -0.4 is 14.8 Å². The van der Waals surface area contributed by atoms with Gasteiger partial charge in [-0.2, -0.15) is 0 Å². The third-order valence-electron chi connectivity index (χ3n) is 3.12. The standard InChI is InChI=1S/C13H18N2O4/c1-18-11-7-9(8-3-4-8)12(19-2)15-10(11)5-6-14-13(16)17/h7-8,14H,3-6H2,1-2H3,(H,16,17). The molecule has 0 spiro atoms. The molecule has 1 aromatic rings. The van der Waals surface area contributed by atoms with Gasteiger partial charge in [-0.05, 0) is 24.8 Å². The number of hydrogen-bond donors (Lipinski definition) is 2. The SMILES string of the molecule is COc1cc(C2CC2)c(OC)nc1CCNC(=O)O. The molecule has 1 saturated carbocycles. The maximum absolute atomic E-state index is 10.4. The molecular formula is C13H18N2O4. The molecule has 104 valence electrons. The number of aromatic nitrogens is 1. The predicted octanol–water partition coefficient (Wildman–Crippen LogP) is 1.79. The fraction of sp³-hybridized carbons (Fsp3) is 0.538. The monoisotopic (exact) mass is 266 g/mol. The molecule has 1 heterocycles. The molecule has 6 nitrogen and oxygen atoms in total. The Hall–Kier alpha value is -1.98. The summed E-state index contributed by atoms with van der Waals surface area (Å²) in [7, 11) is 3.19. The number of nitrogens with zero attached hydrogens (tertiary/aromatic N) is 1. The van der Waals surface area contributed by atoms with Crippen LogP contribution in [0.5, 0.6) is 11.6 Å². The highest BCUT2D eigenvalue weighted by molar-refractivity contribution is 5.64. The molecule has 0 bridgehead atoms. The summed E-state index contributed by atoms with van der Waals surface area (Å²) >= 11 is 0. The van der Waals surface area contributed by atoms with E-state index in [1.54, 1.807) is 14.2 Å². The first-order valence-corrected chi connectivity index (χ1v) is 6.24. The van der Waals surface area contributed by atoms with Crippen molar-refractivity contribution in [1.29, 1.82) is 0 Å². The molecule has 1 aliphatic rings. The van der Waals surface area contributed by atoms with Crippen molar-refractivity contribution in [3.63, 3.8) is 0 Å². The maximum atomic E-state index is 10.4. The maximum Gasteiger partial charge on any atom is 0.404 e. The summed E-state index contributed by atoms with van der Waals surface area (Å²) in [6.45, 7) is 0.296. The minimum Gasteiger partial charge on any atom is -0.495 e. The predicted molar refractivity (Wildman–Crippen MR) is 69.0 cm³/mol. The number of hydrogen-bond acceptors (Lipinski definition) is 4. The molecule has 1 fully saturated rings. The molecule has 1 amide bonds. The highest BCUT2D eigenvalue weighted by Crippen LogP contribution is 2.45. The van der Waals surface area contributed by atoms with Crippen LogP contribution in [0.2, 0.25) is 0 Å². The Kier molecular flexibility index (Phi) is 4.09. The second-order valence-electron chi connectivity index (χ2n) is 4.49. The lowest BCUT2D eigenvalue weighted by molar-refractivity contribution is 0.194. The molecule has 0 aromatic carbocycles. The molecule has 1 aromatic heterocycles. The first-order chi connectivity index (χ1) is 9.15. The summed E-state index contributed by atoms with van der Waals surface area (Å²) in [6.07, 6.45) is 1.74. The lowest BCUT2D eigenvalue weighted by atomic mass is 10.1. The number of nitrogens with one attached hydrogen (secondary N) is 1. The number of carboxylic acid groups (broad SMARTS) is 1. The third-order valence-corrected chi connectivity index (χ3v) is 3.12. The zero-order chi connectivity index (χ0) is 13.8. The van der Waals surface area contributed by atoms with Crippen molar-refractivity contribution in [2.45, 2.75) is 25.2 Å². The molecule has 6 heteroatoms.